The third-order valence-corrected chi connectivity index (χ3v) is 7.69. The molecule has 22 heteroatoms. The molecule has 282 valence electrons. The van der Waals surface area contributed by atoms with E-state index < -0.39 is 41.9 Å². The zero-order valence-corrected chi connectivity index (χ0v) is 27.1. The van der Waals surface area contributed by atoms with Crippen LogP contribution in [0.1, 0.15) is 36.2 Å². The summed E-state index contributed by atoms with van der Waals surface area (Å²) >= 11 is 1.70. The Morgan fingerprint density at radius 3 is 1.86 bits per heavy atom. The third-order valence-electron chi connectivity index (χ3n) is 6.93. The highest BCUT2D eigenvalue weighted by Gasteiger charge is 2.54. The highest BCUT2D eigenvalue weighted by atomic mass is 32.1. The monoisotopic (exact) mass is 756 g/mol. The van der Waals surface area contributed by atoms with E-state index >= 15 is 0 Å². The summed E-state index contributed by atoms with van der Waals surface area (Å²) in [7, 11) is 0. The number of ether oxygens (including phenoxy) is 1. The SMILES string of the molecule is CCOC(=O)[C@]12CCCN(Cc3nccs3)C[C@H]1CN(Cc1cccc(C)n1)C2.O=C(O)C(F)(F)F.O=C(O)C(F)(F)F.O=C(O)C(F)(F)F. The summed E-state index contributed by atoms with van der Waals surface area (Å²) < 4.78 is 101. The molecule has 4 heterocycles. The number of hydrogen-bond donors (Lipinski definition) is 3. The van der Waals surface area contributed by atoms with Gasteiger partial charge in [0.1, 0.15) is 5.01 Å². The van der Waals surface area contributed by atoms with E-state index in [1.165, 1.54) is 0 Å². The van der Waals surface area contributed by atoms with Crippen molar-refractivity contribution in [3.63, 3.8) is 0 Å². The number of rotatable bonds is 6. The Hall–Kier alpha value is -4.05. The molecule has 2 aromatic heterocycles. The lowest BCUT2D eigenvalue weighted by atomic mass is 9.75. The van der Waals surface area contributed by atoms with Gasteiger partial charge in [0.2, 0.25) is 0 Å². The number of esters is 1. The molecule has 0 saturated carbocycles. The summed E-state index contributed by atoms with van der Waals surface area (Å²) in [5.41, 5.74) is 1.70. The minimum Gasteiger partial charge on any atom is -0.475 e. The number of alkyl halides is 9. The van der Waals surface area contributed by atoms with Gasteiger partial charge < -0.3 is 20.1 Å². The van der Waals surface area contributed by atoms with Gasteiger partial charge in [-0.25, -0.2) is 19.4 Å². The predicted molar refractivity (Wildman–Crippen MR) is 155 cm³/mol. The molecule has 0 radical (unpaired) electrons. The topological polar surface area (TPSA) is 170 Å². The molecule has 2 atom stereocenters. The second-order valence-electron chi connectivity index (χ2n) is 10.7. The van der Waals surface area contributed by atoms with Crippen LogP contribution in [0.15, 0.2) is 29.8 Å². The highest BCUT2D eigenvalue weighted by molar-refractivity contribution is 7.09. The van der Waals surface area contributed by atoms with Crippen molar-refractivity contribution >= 4 is 35.2 Å². The van der Waals surface area contributed by atoms with Crippen molar-refractivity contribution < 1.29 is 78.7 Å². The van der Waals surface area contributed by atoms with Gasteiger partial charge in [-0.2, -0.15) is 39.5 Å². The van der Waals surface area contributed by atoms with Crippen molar-refractivity contribution in [2.24, 2.45) is 11.3 Å². The Morgan fingerprint density at radius 1 is 0.900 bits per heavy atom. The van der Waals surface area contributed by atoms with Gasteiger partial charge in [0.15, 0.2) is 0 Å². The van der Waals surface area contributed by atoms with Crippen LogP contribution in [0.2, 0.25) is 0 Å². The van der Waals surface area contributed by atoms with Crippen LogP contribution in [-0.4, -0.2) is 110 Å². The quantitative estimate of drug-likeness (QED) is 0.266. The first-order chi connectivity index (χ1) is 22.9. The zero-order valence-electron chi connectivity index (χ0n) is 26.3. The van der Waals surface area contributed by atoms with Crippen LogP contribution >= 0.6 is 11.3 Å². The van der Waals surface area contributed by atoms with Gasteiger partial charge in [-0.15, -0.1) is 11.3 Å². The number of aliphatic carboxylic acids is 3. The van der Waals surface area contributed by atoms with E-state index in [-0.39, 0.29) is 11.9 Å². The van der Waals surface area contributed by atoms with E-state index in [1.807, 2.05) is 31.5 Å². The Morgan fingerprint density at radius 2 is 1.42 bits per heavy atom. The number of thiazole rings is 1. The average Bonchev–Trinajstić information content (AvgIpc) is 3.57. The number of carboxylic acid groups (broad SMARTS) is 3. The number of likely N-dealkylation sites (tertiary alicyclic amines) is 2. The summed E-state index contributed by atoms with van der Waals surface area (Å²) in [4.78, 5) is 53.8. The number of aromatic nitrogens is 2. The molecule has 2 aliphatic heterocycles. The number of pyridine rings is 1. The molecule has 0 amide bonds. The first-order valence-corrected chi connectivity index (χ1v) is 15.1. The maximum absolute atomic E-state index is 13.1. The smallest absolute Gasteiger partial charge is 0.475 e. The van der Waals surface area contributed by atoms with Gasteiger partial charge in [0, 0.05) is 49.4 Å². The fourth-order valence-corrected chi connectivity index (χ4v) is 5.58. The van der Waals surface area contributed by atoms with Crippen molar-refractivity contribution in [1.82, 2.24) is 19.8 Å². The second kappa shape index (κ2) is 18.8. The van der Waals surface area contributed by atoms with Crippen LogP contribution in [0, 0.1) is 18.3 Å². The number of aryl methyl sites for hydroxylation is 1. The molecular formula is C28H33F9N4O8S. The number of halogens is 9. The molecule has 2 saturated heterocycles. The van der Waals surface area contributed by atoms with Gasteiger partial charge in [-0.05, 0) is 45.4 Å². The molecule has 0 aromatic carbocycles. The molecule has 3 N–H and O–H groups in total. The second-order valence-corrected chi connectivity index (χ2v) is 11.7. The van der Waals surface area contributed by atoms with Crippen molar-refractivity contribution in [3.8, 4) is 0 Å². The van der Waals surface area contributed by atoms with E-state index in [4.69, 9.17) is 34.4 Å². The van der Waals surface area contributed by atoms with Crippen molar-refractivity contribution in [2.45, 2.75) is 58.3 Å². The van der Waals surface area contributed by atoms with Crippen LogP contribution in [0.4, 0.5) is 39.5 Å². The first-order valence-electron chi connectivity index (χ1n) is 14.3. The van der Waals surface area contributed by atoms with Crippen LogP contribution in [0.5, 0.6) is 0 Å². The van der Waals surface area contributed by atoms with Gasteiger partial charge in [-0.3, -0.25) is 19.6 Å². The van der Waals surface area contributed by atoms with Crippen LogP contribution < -0.4 is 0 Å². The summed E-state index contributed by atoms with van der Waals surface area (Å²) in [6.07, 6.45) is -11.5. The van der Waals surface area contributed by atoms with Gasteiger partial charge in [0.25, 0.3) is 0 Å². The lowest BCUT2D eigenvalue weighted by molar-refractivity contribution is -0.193. The van der Waals surface area contributed by atoms with E-state index in [1.54, 1.807) is 11.3 Å². The molecule has 0 spiro atoms. The molecular weight excluding hydrogens is 723 g/mol. The number of carbonyl (C=O) groups excluding carboxylic acids is 1. The summed E-state index contributed by atoms with van der Waals surface area (Å²) in [5, 5.41) is 24.6. The predicted octanol–water partition coefficient (Wildman–Crippen LogP) is 5.02. The Labute approximate surface area is 282 Å². The molecule has 0 aliphatic carbocycles. The molecule has 4 rings (SSSR count). The van der Waals surface area contributed by atoms with E-state index in [2.05, 4.69) is 31.9 Å². The first kappa shape index (κ1) is 44.0. The molecule has 50 heavy (non-hydrogen) atoms. The van der Waals surface area contributed by atoms with Gasteiger partial charge in [0.05, 0.1) is 24.3 Å². The third kappa shape index (κ3) is 14.8. The zero-order chi connectivity index (χ0) is 38.5. The lowest BCUT2D eigenvalue weighted by Gasteiger charge is -2.31. The number of carbonyl (C=O) groups is 4. The van der Waals surface area contributed by atoms with E-state index in [0.29, 0.717) is 6.61 Å². The number of hydrogen-bond acceptors (Lipinski definition) is 10. The van der Waals surface area contributed by atoms with Crippen LogP contribution in [0.25, 0.3) is 0 Å². The minimum atomic E-state index is -5.08. The number of nitrogens with zero attached hydrogens (tertiary/aromatic N) is 4. The van der Waals surface area contributed by atoms with Crippen molar-refractivity contribution in [1.29, 1.82) is 0 Å². The number of fused-ring (bicyclic) bond motifs is 1. The van der Waals surface area contributed by atoms with Crippen molar-refractivity contribution in [3.05, 3.63) is 46.2 Å². The van der Waals surface area contributed by atoms with Gasteiger partial charge in [-0.1, -0.05) is 6.07 Å². The Bertz CT molecular complexity index is 1350. The summed E-state index contributed by atoms with van der Waals surface area (Å²) in [5.74, 6) is -8.01. The Balaban J connectivity index is 0.000000486. The normalized spacial score (nSPS) is 19.5. The average molecular weight is 757 g/mol. The summed E-state index contributed by atoms with van der Waals surface area (Å²) in [6, 6.07) is 6.16. The largest absolute Gasteiger partial charge is 0.490 e. The van der Waals surface area contributed by atoms with E-state index in [0.717, 1.165) is 68.5 Å². The minimum absolute atomic E-state index is 0.0131. The highest BCUT2D eigenvalue weighted by Crippen LogP contribution is 2.44. The molecule has 2 aromatic rings. The maximum atomic E-state index is 13.1. The Kier molecular flexibility index (Phi) is 16.5. The molecule has 12 nitrogen and oxygen atoms in total. The van der Waals surface area contributed by atoms with Gasteiger partial charge >= 0.3 is 42.4 Å². The van der Waals surface area contributed by atoms with Crippen LogP contribution in [0.3, 0.4) is 0 Å². The lowest BCUT2D eigenvalue weighted by Crippen LogP contribution is -2.42. The van der Waals surface area contributed by atoms with Crippen molar-refractivity contribution in [2.75, 3.05) is 32.8 Å². The van der Waals surface area contributed by atoms with Crippen LogP contribution in [-0.2, 0) is 37.0 Å². The van der Waals surface area contributed by atoms with E-state index in [9.17, 15) is 44.3 Å². The fraction of sp³-hybridized carbons (Fsp3) is 0.571. The molecule has 2 fully saturated rings. The molecule has 2 aliphatic rings. The molecule has 0 bridgehead atoms. The molecule has 0 unspecified atom stereocenters. The number of carboxylic acids is 3. The fourth-order valence-electron chi connectivity index (χ4n) is 4.93. The summed E-state index contributed by atoms with van der Waals surface area (Å²) in [6.45, 7) is 9.60. The standard InChI is InChI=1S/C22H30N4O2S.3C2HF3O2/c1-3-28-21(27)22-8-5-10-25(15-20-23-9-11-29-20)12-18(22)13-26(16-22)14-19-7-4-6-17(2)24-19;3*3-2(4,5)1(6)7/h4,6-7,9,11,18H,3,5,8,10,12-16H2,1-2H3;3*(H,6,7)/t18-,22-;;;/m0.../s1. The maximum Gasteiger partial charge on any atom is 0.490 e.